The minimum atomic E-state index is 0.0466. The molecule has 0 aliphatic heterocycles. The summed E-state index contributed by atoms with van der Waals surface area (Å²) in [5, 5.41) is 14.0. The number of nitrogens with one attached hydrogen (secondary N) is 1. The molecular weight excluding hydrogens is 397 g/mol. The van der Waals surface area contributed by atoms with Crippen molar-refractivity contribution in [2.75, 3.05) is 13.7 Å². The second-order valence-corrected chi connectivity index (χ2v) is 7.04. The highest BCUT2D eigenvalue weighted by Gasteiger charge is 2.13. The summed E-state index contributed by atoms with van der Waals surface area (Å²) in [7, 11) is 1.57. The van der Waals surface area contributed by atoms with Crippen LogP contribution in [0.3, 0.4) is 0 Å². The molecule has 0 bridgehead atoms. The van der Waals surface area contributed by atoms with Crippen molar-refractivity contribution in [1.29, 1.82) is 0 Å². The van der Waals surface area contributed by atoms with Gasteiger partial charge in [0.15, 0.2) is 11.5 Å². The molecule has 2 aromatic rings. The second kappa shape index (κ2) is 10.2. The fourth-order valence-electron chi connectivity index (χ4n) is 2.40. The highest BCUT2D eigenvalue weighted by Crippen LogP contribution is 2.37. The quantitative estimate of drug-likeness (QED) is 0.595. The Morgan fingerprint density at radius 1 is 1.04 bits per heavy atom. The highest BCUT2D eigenvalue weighted by atomic mass is 35.5. The first-order chi connectivity index (χ1) is 12.5. The minimum Gasteiger partial charge on any atom is -0.493 e. The average Bonchev–Trinajstić information content (AvgIpc) is 2.64. The molecule has 7 heteroatoms. The maximum atomic E-state index is 9.27. The Labute approximate surface area is 169 Å². The van der Waals surface area contributed by atoms with E-state index in [1.165, 1.54) is 0 Å². The third-order valence-corrected chi connectivity index (χ3v) is 4.98. The van der Waals surface area contributed by atoms with Crippen LogP contribution in [0.2, 0.25) is 15.1 Å². The summed E-state index contributed by atoms with van der Waals surface area (Å²) in [4.78, 5) is 0. The Hall–Kier alpha value is -1.17. The van der Waals surface area contributed by atoms with Crippen molar-refractivity contribution in [2.45, 2.75) is 32.5 Å². The van der Waals surface area contributed by atoms with Crippen LogP contribution in [0.1, 0.15) is 24.5 Å². The van der Waals surface area contributed by atoms with Crippen molar-refractivity contribution in [3.63, 3.8) is 0 Å². The van der Waals surface area contributed by atoms with Crippen molar-refractivity contribution < 1.29 is 14.6 Å². The van der Waals surface area contributed by atoms with Gasteiger partial charge in [-0.1, -0.05) is 47.8 Å². The molecule has 0 aromatic heterocycles. The highest BCUT2D eigenvalue weighted by molar-refractivity contribution is 6.42. The van der Waals surface area contributed by atoms with Crippen molar-refractivity contribution in [3.8, 4) is 11.5 Å². The topological polar surface area (TPSA) is 50.7 Å². The molecule has 0 aliphatic carbocycles. The molecule has 1 unspecified atom stereocenters. The summed E-state index contributed by atoms with van der Waals surface area (Å²) in [5.74, 6) is 1.02. The van der Waals surface area contributed by atoms with E-state index in [9.17, 15) is 5.11 Å². The number of halogens is 3. The first-order valence-corrected chi connectivity index (χ1v) is 9.39. The predicted octanol–water partition coefficient (Wildman–Crippen LogP) is 5.09. The van der Waals surface area contributed by atoms with Crippen LogP contribution >= 0.6 is 34.8 Å². The fraction of sp³-hybridized carbons (Fsp3) is 0.368. The van der Waals surface area contributed by atoms with Crippen LogP contribution in [0, 0.1) is 0 Å². The van der Waals surface area contributed by atoms with Gasteiger partial charge < -0.3 is 19.9 Å². The molecule has 142 valence electrons. The van der Waals surface area contributed by atoms with Gasteiger partial charge in [0.2, 0.25) is 0 Å². The van der Waals surface area contributed by atoms with Crippen molar-refractivity contribution in [2.24, 2.45) is 0 Å². The van der Waals surface area contributed by atoms with Gasteiger partial charge in [-0.3, -0.25) is 0 Å². The van der Waals surface area contributed by atoms with Crippen molar-refractivity contribution in [3.05, 3.63) is 56.5 Å². The Morgan fingerprint density at radius 3 is 2.38 bits per heavy atom. The minimum absolute atomic E-state index is 0.0466. The Balaban J connectivity index is 2.11. The number of aliphatic hydroxyl groups excluding tert-OH is 1. The lowest BCUT2D eigenvalue weighted by molar-refractivity contribution is 0.238. The predicted molar refractivity (Wildman–Crippen MR) is 107 cm³/mol. The molecule has 2 rings (SSSR count). The van der Waals surface area contributed by atoms with Crippen LogP contribution in [0.4, 0.5) is 0 Å². The molecule has 1 atom stereocenters. The van der Waals surface area contributed by atoms with E-state index in [-0.39, 0.29) is 19.3 Å². The van der Waals surface area contributed by atoms with Crippen LogP contribution in [-0.2, 0) is 13.2 Å². The van der Waals surface area contributed by atoms with Gasteiger partial charge in [0.1, 0.15) is 6.61 Å². The lowest BCUT2D eigenvalue weighted by Gasteiger charge is -2.17. The summed E-state index contributed by atoms with van der Waals surface area (Å²) >= 11 is 18.3. The summed E-state index contributed by atoms with van der Waals surface area (Å²) in [6.07, 6.45) is 0.839. The number of methoxy groups -OCH3 is 1. The first-order valence-electron chi connectivity index (χ1n) is 8.25. The zero-order chi connectivity index (χ0) is 19.1. The van der Waals surface area contributed by atoms with E-state index in [1.54, 1.807) is 19.2 Å². The molecule has 2 N–H and O–H groups in total. The summed E-state index contributed by atoms with van der Waals surface area (Å²) in [5.41, 5.74) is 1.82. The zero-order valence-corrected chi connectivity index (χ0v) is 17.0. The van der Waals surface area contributed by atoms with Crippen LogP contribution in [0.15, 0.2) is 30.3 Å². The average molecular weight is 419 g/mol. The van der Waals surface area contributed by atoms with E-state index in [0.717, 1.165) is 17.5 Å². The van der Waals surface area contributed by atoms with Gasteiger partial charge in [-0.15, -0.1) is 0 Å². The molecule has 2 aromatic carbocycles. The maximum Gasteiger partial charge on any atom is 0.180 e. The SMILES string of the molecule is CCC(CO)NCc1cc(Cl)c(OCc2ccc(Cl)c(Cl)c2)c(OC)c1. The Morgan fingerprint density at radius 2 is 1.77 bits per heavy atom. The van der Waals surface area contributed by atoms with Gasteiger partial charge in [-0.05, 0) is 41.8 Å². The van der Waals surface area contributed by atoms with E-state index in [4.69, 9.17) is 44.3 Å². The van der Waals surface area contributed by atoms with E-state index < -0.39 is 0 Å². The number of hydrogen-bond acceptors (Lipinski definition) is 4. The lowest BCUT2D eigenvalue weighted by atomic mass is 10.1. The normalized spacial score (nSPS) is 12.1. The third kappa shape index (κ3) is 5.66. The molecule has 26 heavy (non-hydrogen) atoms. The number of ether oxygens (including phenoxy) is 2. The standard InChI is InChI=1S/C19H22Cl3NO3/c1-3-14(10-24)23-9-13-7-17(22)19(18(8-13)25-2)26-11-12-4-5-15(20)16(21)6-12/h4-8,14,23-24H,3,9-11H2,1-2H3. The van der Waals surface area contributed by atoms with E-state index in [2.05, 4.69) is 5.32 Å². The molecule has 0 spiro atoms. The van der Waals surface area contributed by atoms with Crippen LogP contribution < -0.4 is 14.8 Å². The number of hydrogen-bond donors (Lipinski definition) is 2. The Bertz CT molecular complexity index is 736. The molecule has 0 fully saturated rings. The zero-order valence-electron chi connectivity index (χ0n) is 14.7. The van der Waals surface area contributed by atoms with E-state index >= 15 is 0 Å². The molecular formula is C19H22Cl3NO3. The summed E-state index contributed by atoms with van der Waals surface area (Å²) in [6.45, 7) is 2.96. The van der Waals surface area contributed by atoms with Crippen molar-refractivity contribution in [1.82, 2.24) is 5.32 Å². The summed E-state index contributed by atoms with van der Waals surface area (Å²) < 4.78 is 11.3. The molecule has 4 nitrogen and oxygen atoms in total. The van der Waals surface area contributed by atoms with Crippen molar-refractivity contribution >= 4 is 34.8 Å². The van der Waals surface area contributed by atoms with Gasteiger partial charge in [0, 0.05) is 12.6 Å². The molecule has 0 amide bonds. The molecule has 0 radical (unpaired) electrons. The fourth-order valence-corrected chi connectivity index (χ4v) is 3.01. The Kier molecular flexibility index (Phi) is 8.32. The molecule has 0 aliphatic rings. The largest absolute Gasteiger partial charge is 0.493 e. The smallest absolute Gasteiger partial charge is 0.180 e. The number of benzene rings is 2. The van der Waals surface area contributed by atoms with Crippen LogP contribution in [-0.4, -0.2) is 24.9 Å². The van der Waals surface area contributed by atoms with Gasteiger partial charge in [0.25, 0.3) is 0 Å². The van der Waals surface area contributed by atoms with Crippen LogP contribution in [0.5, 0.6) is 11.5 Å². The van der Waals surface area contributed by atoms with E-state index in [1.807, 2.05) is 25.1 Å². The number of rotatable bonds is 9. The maximum absolute atomic E-state index is 9.27. The van der Waals surface area contributed by atoms with Gasteiger partial charge in [-0.2, -0.15) is 0 Å². The van der Waals surface area contributed by atoms with Gasteiger partial charge in [-0.25, -0.2) is 0 Å². The van der Waals surface area contributed by atoms with Crippen LogP contribution in [0.25, 0.3) is 0 Å². The number of aliphatic hydroxyl groups is 1. The molecule has 0 saturated carbocycles. The third-order valence-electron chi connectivity index (χ3n) is 3.96. The van der Waals surface area contributed by atoms with E-state index in [0.29, 0.717) is 33.1 Å². The first kappa shape index (κ1) is 21.1. The molecule has 0 saturated heterocycles. The lowest BCUT2D eigenvalue weighted by Crippen LogP contribution is -2.31. The summed E-state index contributed by atoms with van der Waals surface area (Å²) in [6, 6.07) is 9.06. The second-order valence-electron chi connectivity index (χ2n) is 5.81. The van der Waals surface area contributed by atoms with Gasteiger partial charge in [0.05, 0.1) is 28.8 Å². The van der Waals surface area contributed by atoms with Gasteiger partial charge >= 0.3 is 0 Å². The molecule has 0 heterocycles. The monoisotopic (exact) mass is 417 g/mol.